The smallest absolute Gasteiger partial charge is 0.186 e. The van der Waals surface area contributed by atoms with E-state index in [1.807, 2.05) is 26.8 Å². The first-order chi connectivity index (χ1) is 17.3. The normalized spacial score (nSPS) is 43.8. The lowest BCUT2D eigenvalue weighted by Gasteiger charge is -2.44. The number of hydrogen-bond donors (Lipinski definition) is 8. The van der Waals surface area contributed by atoms with E-state index in [0.29, 0.717) is 12.8 Å². The minimum Gasteiger partial charge on any atom is -0.394 e. The summed E-state index contributed by atoms with van der Waals surface area (Å²) in [6.45, 7) is 6.68. The molecule has 1 aliphatic carbocycles. The molecule has 12 atom stereocenters. The van der Waals surface area contributed by atoms with E-state index in [1.54, 1.807) is 13.0 Å². The molecule has 0 aromatic heterocycles. The molecule has 3 aliphatic rings. The summed E-state index contributed by atoms with van der Waals surface area (Å²) < 4.78 is 22.6. The van der Waals surface area contributed by atoms with Crippen molar-refractivity contribution in [2.75, 3.05) is 13.2 Å². The van der Waals surface area contributed by atoms with E-state index in [2.05, 4.69) is 0 Å². The average molecular weight is 535 g/mol. The van der Waals surface area contributed by atoms with Crippen LogP contribution in [0.1, 0.15) is 40.5 Å². The number of aliphatic hydroxyl groups is 8. The van der Waals surface area contributed by atoms with Crippen LogP contribution in [0.3, 0.4) is 0 Å². The van der Waals surface area contributed by atoms with Crippen molar-refractivity contribution in [3.05, 3.63) is 23.3 Å². The zero-order chi connectivity index (χ0) is 27.7. The lowest BCUT2D eigenvalue weighted by molar-refractivity contribution is -0.336. The van der Waals surface area contributed by atoms with Gasteiger partial charge in [0.2, 0.25) is 0 Å². The van der Waals surface area contributed by atoms with E-state index < -0.39 is 80.7 Å². The molecule has 12 nitrogen and oxygen atoms in total. The van der Waals surface area contributed by atoms with Crippen molar-refractivity contribution < 1.29 is 59.8 Å². The van der Waals surface area contributed by atoms with Crippen molar-refractivity contribution in [1.82, 2.24) is 0 Å². The third-order valence-corrected chi connectivity index (χ3v) is 7.27. The Bertz CT molecular complexity index is 811. The maximum absolute atomic E-state index is 10.5. The molecule has 0 saturated carbocycles. The van der Waals surface area contributed by atoms with Crippen molar-refractivity contribution in [1.29, 1.82) is 0 Å². The summed E-state index contributed by atoms with van der Waals surface area (Å²) in [6, 6.07) is 0. The lowest BCUT2D eigenvalue weighted by atomic mass is 9.71. The van der Waals surface area contributed by atoms with Gasteiger partial charge in [-0.05, 0) is 37.7 Å². The lowest BCUT2D eigenvalue weighted by Crippen LogP contribution is -2.62. The van der Waals surface area contributed by atoms with Gasteiger partial charge in [0.1, 0.15) is 48.8 Å². The summed E-state index contributed by atoms with van der Waals surface area (Å²) >= 11 is 0. The predicted molar refractivity (Wildman–Crippen MR) is 128 cm³/mol. The van der Waals surface area contributed by atoms with E-state index in [0.717, 1.165) is 11.1 Å². The Labute approximate surface area is 216 Å². The summed E-state index contributed by atoms with van der Waals surface area (Å²) in [6.07, 6.45) is -10.8. The highest BCUT2D eigenvalue weighted by Gasteiger charge is 2.48. The van der Waals surface area contributed by atoms with Crippen LogP contribution in [-0.4, -0.2) is 128 Å². The van der Waals surface area contributed by atoms with Crippen molar-refractivity contribution in [3.8, 4) is 0 Å². The molecule has 8 N–H and O–H groups in total. The molecule has 12 heteroatoms. The molecule has 2 heterocycles. The molecule has 214 valence electrons. The second-order valence-corrected chi connectivity index (χ2v) is 10.9. The van der Waals surface area contributed by atoms with Gasteiger partial charge in [-0.1, -0.05) is 31.6 Å². The van der Waals surface area contributed by atoms with Gasteiger partial charge in [0, 0.05) is 0 Å². The molecular weight excluding hydrogens is 492 g/mol. The molecule has 37 heavy (non-hydrogen) atoms. The van der Waals surface area contributed by atoms with Gasteiger partial charge >= 0.3 is 0 Å². The van der Waals surface area contributed by atoms with Crippen LogP contribution >= 0.6 is 0 Å². The monoisotopic (exact) mass is 534 g/mol. The number of ether oxygens (including phenoxy) is 4. The Morgan fingerprint density at radius 1 is 0.919 bits per heavy atom. The predicted octanol–water partition coefficient (Wildman–Crippen LogP) is -1.93. The van der Waals surface area contributed by atoms with E-state index in [-0.39, 0.29) is 11.5 Å². The highest BCUT2D eigenvalue weighted by atomic mass is 16.7. The van der Waals surface area contributed by atoms with E-state index in [1.165, 1.54) is 0 Å². The zero-order valence-electron chi connectivity index (χ0n) is 21.6. The van der Waals surface area contributed by atoms with Gasteiger partial charge in [0.05, 0.1) is 25.4 Å². The summed E-state index contributed by atoms with van der Waals surface area (Å²) in [5.41, 5.74) is 1.83. The minimum absolute atomic E-state index is 0.304. The first-order valence-electron chi connectivity index (χ1n) is 12.6. The number of hydrogen-bond acceptors (Lipinski definition) is 12. The van der Waals surface area contributed by atoms with Crippen molar-refractivity contribution in [3.63, 3.8) is 0 Å². The third kappa shape index (κ3) is 6.96. The minimum atomic E-state index is -1.64. The van der Waals surface area contributed by atoms with Gasteiger partial charge in [0.15, 0.2) is 12.6 Å². The van der Waals surface area contributed by atoms with Gasteiger partial charge in [-0.25, -0.2) is 0 Å². The van der Waals surface area contributed by atoms with Crippen LogP contribution in [0, 0.1) is 5.41 Å². The molecule has 0 amide bonds. The number of aliphatic hydroxyl groups excluding tert-OH is 8. The molecule has 2 fully saturated rings. The maximum atomic E-state index is 10.5. The summed E-state index contributed by atoms with van der Waals surface area (Å²) in [4.78, 5) is 0. The second-order valence-electron chi connectivity index (χ2n) is 10.9. The van der Waals surface area contributed by atoms with Crippen molar-refractivity contribution in [2.24, 2.45) is 5.41 Å². The van der Waals surface area contributed by atoms with Crippen molar-refractivity contribution in [2.45, 2.75) is 114 Å². The van der Waals surface area contributed by atoms with Gasteiger partial charge in [-0.15, -0.1) is 0 Å². The first kappa shape index (κ1) is 30.5. The molecule has 0 bridgehead atoms. The van der Waals surface area contributed by atoms with Crippen LogP contribution < -0.4 is 0 Å². The van der Waals surface area contributed by atoms with E-state index >= 15 is 0 Å². The highest BCUT2D eigenvalue weighted by Crippen LogP contribution is 2.43. The van der Waals surface area contributed by atoms with Gasteiger partial charge in [-0.3, -0.25) is 0 Å². The maximum Gasteiger partial charge on any atom is 0.186 e. The van der Waals surface area contributed by atoms with Gasteiger partial charge in [0.25, 0.3) is 0 Å². The molecule has 0 aromatic rings. The molecule has 0 spiro atoms. The fourth-order valence-corrected chi connectivity index (χ4v) is 5.23. The standard InChI is InChI=1S/C25H42O12/c1-11-7-13(8-25(3,4)14(11)6-5-12(2)27)35-24-22(33)20(31)18(29)16(37-24)10-34-23-21(32)19(30)17(28)15(9-26)36-23/h5-6,12-13,15-24,26-33H,7-10H2,1-4H3/t12-,13-,15-,16-,17-,18-,19+,20+,21-,22-,23-,24-/m1/s1. The molecule has 2 saturated heterocycles. The van der Waals surface area contributed by atoms with E-state index in [4.69, 9.17) is 18.9 Å². The molecule has 0 radical (unpaired) electrons. The molecular formula is C25H42O12. The van der Waals surface area contributed by atoms with Crippen LogP contribution in [0.4, 0.5) is 0 Å². The van der Waals surface area contributed by atoms with Gasteiger partial charge in [-0.2, -0.15) is 0 Å². The summed E-state index contributed by atoms with van der Waals surface area (Å²) in [5, 5.41) is 80.4. The quantitative estimate of drug-likeness (QED) is 0.172. The molecule has 0 aromatic carbocycles. The van der Waals surface area contributed by atoms with Crippen LogP contribution in [0.5, 0.6) is 0 Å². The molecule has 3 rings (SSSR count). The Balaban J connectivity index is 1.66. The summed E-state index contributed by atoms with van der Waals surface area (Å²) in [5.74, 6) is 0. The summed E-state index contributed by atoms with van der Waals surface area (Å²) in [7, 11) is 0. The number of rotatable bonds is 8. The third-order valence-electron chi connectivity index (χ3n) is 7.27. The Morgan fingerprint density at radius 3 is 2.05 bits per heavy atom. The van der Waals surface area contributed by atoms with E-state index in [9.17, 15) is 40.9 Å². The first-order valence-corrected chi connectivity index (χ1v) is 12.6. The second kappa shape index (κ2) is 12.5. The largest absolute Gasteiger partial charge is 0.394 e. The van der Waals surface area contributed by atoms with Crippen LogP contribution in [0.2, 0.25) is 0 Å². The Hall–Kier alpha value is -1.00. The van der Waals surface area contributed by atoms with Crippen LogP contribution in [0.15, 0.2) is 23.3 Å². The molecule has 2 aliphatic heterocycles. The SMILES string of the molecule is CC1=C(C=C[C@@H](C)O)C(C)(C)C[C@H](O[C@@H]2O[C@H](CO[C@@H]3O[C@H](CO)[C@@H](O)[C@H](O)[C@H]3O)[C@@H](O)[C@H](O)[C@H]2O)C1. The van der Waals surface area contributed by atoms with Crippen LogP contribution in [-0.2, 0) is 18.9 Å². The van der Waals surface area contributed by atoms with Crippen LogP contribution in [0.25, 0.3) is 0 Å². The highest BCUT2D eigenvalue weighted by molar-refractivity contribution is 5.34. The fourth-order valence-electron chi connectivity index (χ4n) is 5.23. The van der Waals surface area contributed by atoms with Crippen molar-refractivity contribution >= 4 is 0 Å². The fraction of sp³-hybridized carbons (Fsp3) is 0.840. The van der Waals surface area contributed by atoms with Gasteiger partial charge < -0.3 is 59.8 Å². The Kier molecular flexibility index (Phi) is 10.3. The number of allylic oxidation sites excluding steroid dienone is 2. The Morgan fingerprint density at radius 2 is 1.49 bits per heavy atom. The zero-order valence-corrected chi connectivity index (χ0v) is 21.6. The topological polar surface area (TPSA) is 199 Å². The molecule has 0 unspecified atom stereocenters. The average Bonchev–Trinajstić information content (AvgIpc) is 2.82.